The largest absolute Gasteiger partial charge is 0.360 e. The standard InChI is InChI=1S/C12H15N3O3S/c1-7-4-10(17-14-7)6-19-9(3)12(16)13-11-5-8(2)15-18-11/h4-5,9H,6H2,1-3H3,(H,13,16)/t9-/m1/s1. The maximum absolute atomic E-state index is 11.9. The van der Waals surface area contributed by atoms with Gasteiger partial charge in [-0.2, -0.15) is 0 Å². The van der Waals surface area contributed by atoms with E-state index < -0.39 is 0 Å². The molecule has 1 N–H and O–H groups in total. The van der Waals surface area contributed by atoms with Gasteiger partial charge >= 0.3 is 0 Å². The molecule has 0 aromatic carbocycles. The van der Waals surface area contributed by atoms with Crippen molar-refractivity contribution in [3.05, 3.63) is 29.3 Å². The molecule has 1 atom stereocenters. The summed E-state index contributed by atoms with van der Waals surface area (Å²) in [4.78, 5) is 11.9. The van der Waals surface area contributed by atoms with Crippen molar-refractivity contribution in [3.63, 3.8) is 0 Å². The van der Waals surface area contributed by atoms with Crippen LogP contribution in [0.15, 0.2) is 21.2 Å². The third kappa shape index (κ3) is 3.85. The molecule has 0 fully saturated rings. The van der Waals surface area contributed by atoms with Crippen LogP contribution in [0.1, 0.15) is 24.1 Å². The Balaban J connectivity index is 1.82. The van der Waals surface area contributed by atoms with Gasteiger partial charge in [-0.05, 0) is 20.8 Å². The molecule has 0 saturated carbocycles. The fraction of sp³-hybridized carbons (Fsp3) is 0.417. The molecule has 102 valence electrons. The molecule has 6 nitrogen and oxygen atoms in total. The van der Waals surface area contributed by atoms with Gasteiger partial charge in [0.2, 0.25) is 11.8 Å². The smallest absolute Gasteiger partial charge is 0.239 e. The Bertz CT molecular complexity index is 564. The summed E-state index contributed by atoms with van der Waals surface area (Å²) in [5.74, 6) is 1.60. The highest BCUT2D eigenvalue weighted by molar-refractivity contribution is 7.99. The van der Waals surface area contributed by atoms with Crippen molar-refractivity contribution in [1.29, 1.82) is 0 Å². The molecule has 7 heteroatoms. The highest BCUT2D eigenvalue weighted by Crippen LogP contribution is 2.20. The molecule has 0 radical (unpaired) electrons. The number of thioether (sulfide) groups is 1. The molecule has 2 heterocycles. The van der Waals surface area contributed by atoms with E-state index in [4.69, 9.17) is 9.05 Å². The number of aryl methyl sites for hydroxylation is 2. The minimum atomic E-state index is -0.226. The van der Waals surface area contributed by atoms with E-state index in [0.717, 1.165) is 17.1 Å². The lowest BCUT2D eigenvalue weighted by atomic mass is 10.4. The molecule has 2 rings (SSSR count). The lowest BCUT2D eigenvalue weighted by molar-refractivity contribution is -0.115. The summed E-state index contributed by atoms with van der Waals surface area (Å²) < 4.78 is 10.0. The summed E-state index contributed by atoms with van der Waals surface area (Å²) in [6, 6.07) is 3.53. The first-order chi connectivity index (χ1) is 9.04. The van der Waals surface area contributed by atoms with Crippen molar-refractivity contribution >= 4 is 23.6 Å². The highest BCUT2D eigenvalue weighted by Gasteiger charge is 2.16. The summed E-state index contributed by atoms with van der Waals surface area (Å²) in [6.45, 7) is 5.48. The minimum Gasteiger partial charge on any atom is -0.360 e. The third-order valence-electron chi connectivity index (χ3n) is 2.40. The van der Waals surface area contributed by atoms with E-state index in [-0.39, 0.29) is 11.2 Å². The number of carbonyl (C=O) groups is 1. The predicted octanol–water partition coefficient (Wildman–Crippen LogP) is 2.54. The Kier molecular flexibility index (Phi) is 4.26. The van der Waals surface area contributed by atoms with Crippen molar-refractivity contribution in [1.82, 2.24) is 10.3 Å². The molecule has 2 aromatic heterocycles. The topological polar surface area (TPSA) is 81.2 Å². The van der Waals surface area contributed by atoms with Gasteiger partial charge in [0.05, 0.1) is 22.4 Å². The zero-order valence-corrected chi connectivity index (χ0v) is 11.8. The molecule has 1 amide bonds. The summed E-state index contributed by atoms with van der Waals surface area (Å²) >= 11 is 1.47. The van der Waals surface area contributed by atoms with Crippen LogP contribution < -0.4 is 5.32 Å². The highest BCUT2D eigenvalue weighted by atomic mass is 32.2. The first kappa shape index (κ1) is 13.7. The van der Waals surface area contributed by atoms with E-state index >= 15 is 0 Å². The number of nitrogens with one attached hydrogen (secondary N) is 1. The minimum absolute atomic E-state index is 0.127. The fourth-order valence-electron chi connectivity index (χ4n) is 1.41. The SMILES string of the molecule is Cc1cc(CS[C@H](C)C(=O)Nc2cc(C)no2)on1. The van der Waals surface area contributed by atoms with Gasteiger partial charge in [0.15, 0.2) is 0 Å². The van der Waals surface area contributed by atoms with Gasteiger partial charge in [0.25, 0.3) is 0 Å². The van der Waals surface area contributed by atoms with E-state index in [1.165, 1.54) is 11.8 Å². The summed E-state index contributed by atoms with van der Waals surface area (Å²) in [7, 11) is 0. The Labute approximate surface area is 114 Å². The van der Waals surface area contributed by atoms with Crippen molar-refractivity contribution in [2.24, 2.45) is 0 Å². The van der Waals surface area contributed by atoms with Crippen LogP contribution in [0.25, 0.3) is 0 Å². The molecular weight excluding hydrogens is 266 g/mol. The number of nitrogens with zero attached hydrogens (tertiary/aromatic N) is 2. The predicted molar refractivity (Wildman–Crippen MR) is 71.9 cm³/mol. The molecule has 0 bridgehead atoms. The van der Waals surface area contributed by atoms with E-state index in [2.05, 4.69) is 15.6 Å². The normalized spacial score (nSPS) is 12.4. The van der Waals surface area contributed by atoms with E-state index in [9.17, 15) is 4.79 Å². The molecule has 0 saturated heterocycles. The second-order valence-corrected chi connectivity index (χ2v) is 5.54. The van der Waals surface area contributed by atoms with Gasteiger partial charge in [-0.25, -0.2) is 0 Å². The van der Waals surface area contributed by atoms with Crippen LogP contribution in [0.3, 0.4) is 0 Å². The molecular formula is C12H15N3O3S. The lowest BCUT2D eigenvalue weighted by Gasteiger charge is -2.08. The lowest BCUT2D eigenvalue weighted by Crippen LogP contribution is -2.22. The van der Waals surface area contributed by atoms with Crippen LogP contribution in [-0.2, 0) is 10.5 Å². The van der Waals surface area contributed by atoms with Crippen LogP contribution in [0.5, 0.6) is 0 Å². The molecule has 0 aliphatic carbocycles. The summed E-state index contributed by atoms with van der Waals surface area (Å²) in [6.07, 6.45) is 0. The van der Waals surface area contributed by atoms with Gasteiger partial charge in [-0.15, -0.1) is 11.8 Å². The second-order valence-electron chi connectivity index (χ2n) is 4.21. The zero-order chi connectivity index (χ0) is 13.8. The zero-order valence-electron chi connectivity index (χ0n) is 11.0. The first-order valence-corrected chi connectivity index (χ1v) is 6.87. The average Bonchev–Trinajstić information content (AvgIpc) is 2.95. The van der Waals surface area contributed by atoms with Gasteiger partial charge in [-0.1, -0.05) is 10.3 Å². The number of hydrogen-bond donors (Lipinski definition) is 1. The number of aromatic nitrogens is 2. The third-order valence-corrected chi connectivity index (χ3v) is 3.56. The van der Waals surface area contributed by atoms with Crippen LogP contribution in [0.2, 0.25) is 0 Å². The Morgan fingerprint density at radius 3 is 2.58 bits per heavy atom. The van der Waals surface area contributed by atoms with Gasteiger partial charge in [0, 0.05) is 12.1 Å². The number of rotatable bonds is 5. The van der Waals surface area contributed by atoms with E-state index in [1.54, 1.807) is 13.0 Å². The Morgan fingerprint density at radius 1 is 1.32 bits per heavy atom. The average molecular weight is 281 g/mol. The number of anilines is 1. The van der Waals surface area contributed by atoms with Crippen molar-refractivity contribution in [2.45, 2.75) is 31.8 Å². The molecule has 2 aromatic rings. The first-order valence-electron chi connectivity index (χ1n) is 5.82. The maximum atomic E-state index is 11.9. The molecule has 0 unspecified atom stereocenters. The van der Waals surface area contributed by atoms with Gasteiger partial charge < -0.3 is 9.05 Å². The second kappa shape index (κ2) is 5.92. The number of carbonyl (C=O) groups excluding carboxylic acids is 1. The van der Waals surface area contributed by atoms with Crippen LogP contribution >= 0.6 is 11.8 Å². The monoisotopic (exact) mass is 281 g/mol. The summed E-state index contributed by atoms with van der Waals surface area (Å²) in [5, 5.41) is 9.95. The van der Waals surface area contributed by atoms with Gasteiger partial charge in [-0.3, -0.25) is 10.1 Å². The fourth-order valence-corrected chi connectivity index (χ4v) is 2.17. The molecule has 19 heavy (non-hydrogen) atoms. The molecule has 0 spiro atoms. The van der Waals surface area contributed by atoms with Crippen molar-refractivity contribution < 1.29 is 13.8 Å². The quantitative estimate of drug-likeness (QED) is 0.907. The molecule has 0 aliphatic rings. The van der Waals surface area contributed by atoms with Crippen LogP contribution in [0.4, 0.5) is 5.88 Å². The van der Waals surface area contributed by atoms with Gasteiger partial charge in [0.1, 0.15) is 5.76 Å². The molecule has 0 aliphatic heterocycles. The van der Waals surface area contributed by atoms with E-state index in [1.807, 2.05) is 19.9 Å². The van der Waals surface area contributed by atoms with Crippen molar-refractivity contribution in [3.8, 4) is 0 Å². The van der Waals surface area contributed by atoms with Crippen molar-refractivity contribution in [2.75, 3.05) is 5.32 Å². The summed E-state index contributed by atoms with van der Waals surface area (Å²) in [5.41, 5.74) is 1.57. The Hall–Kier alpha value is -1.76. The van der Waals surface area contributed by atoms with Crippen LogP contribution in [0, 0.1) is 13.8 Å². The maximum Gasteiger partial charge on any atom is 0.239 e. The number of amides is 1. The van der Waals surface area contributed by atoms with Crippen LogP contribution in [-0.4, -0.2) is 21.5 Å². The van der Waals surface area contributed by atoms with E-state index in [0.29, 0.717) is 11.6 Å². The number of hydrogen-bond acceptors (Lipinski definition) is 6. The Morgan fingerprint density at radius 2 is 2.00 bits per heavy atom.